The quantitative estimate of drug-likeness (QED) is 0.775. The van der Waals surface area contributed by atoms with E-state index in [1.807, 2.05) is 67.3 Å². The fourth-order valence-electron chi connectivity index (χ4n) is 3.90. The average molecular weight is 409 g/mol. The Morgan fingerprint density at radius 1 is 1.00 bits per heavy atom. The Balaban J connectivity index is 1.53. The van der Waals surface area contributed by atoms with Gasteiger partial charge in [-0.2, -0.15) is 0 Å². The standard InChI is InChI=1S/C25H32N2O3/c1-17(2)21-10-7-8-12-23(21)30-19(4)25(29)27-15-13-20(14-16-27)26-24(28)22-11-6-5-9-18(22)3/h5-12,17,19-20H,13-16H2,1-4H3,(H,26,28). The summed E-state index contributed by atoms with van der Waals surface area (Å²) in [6, 6.07) is 15.6. The fraction of sp³-hybridized carbons (Fsp3) is 0.440. The Bertz CT molecular complexity index is 885. The minimum atomic E-state index is -0.539. The number of rotatable bonds is 6. The second-order valence-electron chi connectivity index (χ2n) is 8.34. The van der Waals surface area contributed by atoms with Gasteiger partial charge in [0.05, 0.1) is 0 Å². The van der Waals surface area contributed by atoms with E-state index < -0.39 is 6.10 Å². The summed E-state index contributed by atoms with van der Waals surface area (Å²) in [7, 11) is 0. The first-order valence-corrected chi connectivity index (χ1v) is 10.8. The molecule has 2 amide bonds. The number of hydrogen-bond acceptors (Lipinski definition) is 3. The van der Waals surface area contributed by atoms with Gasteiger partial charge in [-0.1, -0.05) is 50.2 Å². The first-order chi connectivity index (χ1) is 14.4. The zero-order valence-corrected chi connectivity index (χ0v) is 18.4. The lowest BCUT2D eigenvalue weighted by atomic mass is 10.0. The van der Waals surface area contributed by atoms with Crippen LogP contribution in [0.1, 0.15) is 61.0 Å². The number of nitrogens with zero attached hydrogens (tertiary/aromatic N) is 1. The van der Waals surface area contributed by atoms with E-state index in [0.717, 1.165) is 29.7 Å². The summed E-state index contributed by atoms with van der Waals surface area (Å²) in [6.45, 7) is 9.23. The second kappa shape index (κ2) is 9.79. The van der Waals surface area contributed by atoms with Gasteiger partial charge in [-0.3, -0.25) is 9.59 Å². The lowest BCUT2D eigenvalue weighted by Crippen LogP contribution is -2.49. The molecule has 0 aliphatic carbocycles. The van der Waals surface area contributed by atoms with Crippen LogP contribution in [0, 0.1) is 6.92 Å². The van der Waals surface area contributed by atoms with Crippen LogP contribution in [0.3, 0.4) is 0 Å². The number of carbonyl (C=O) groups is 2. The molecule has 3 rings (SSSR count). The van der Waals surface area contributed by atoms with Gasteiger partial charge in [0.2, 0.25) is 0 Å². The fourth-order valence-corrected chi connectivity index (χ4v) is 3.90. The third-order valence-corrected chi connectivity index (χ3v) is 5.72. The number of likely N-dealkylation sites (tertiary alicyclic amines) is 1. The monoisotopic (exact) mass is 408 g/mol. The number of ether oxygens (including phenoxy) is 1. The van der Waals surface area contributed by atoms with Gasteiger partial charge in [0.15, 0.2) is 6.10 Å². The predicted octanol–water partition coefficient (Wildman–Crippen LogP) is 4.31. The van der Waals surface area contributed by atoms with Crippen LogP contribution in [0.15, 0.2) is 48.5 Å². The van der Waals surface area contributed by atoms with E-state index >= 15 is 0 Å². The zero-order chi connectivity index (χ0) is 21.7. The largest absolute Gasteiger partial charge is 0.481 e. The molecule has 0 bridgehead atoms. The molecule has 160 valence electrons. The van der Waals surface area contributed by atoms with Crippen molar-refractivity contribution in [1.82, 2.24) is 10.2 Å². The van der Waals surface area contributed by atoms with Crippen molar-refractivity contribution >= 4 is 11.8 Å². The van der Waals surface area contributed by atoms with Gasteiger partial charge in [0.1, 0.15) is 5.75 Å². The predicted molar refractivity (Wildman–Crippen MR) is 119 cm³/mol. The molecule has 0 spiro atoms. The van der Waals surface area contributed by atoms with Crippen LogP contribution in [-0.2, 0) is 4.79 Å². The Labute approximate surface area is 179 Å². The van der Waals surface area contributed by atoms with Crippen molar-refractivity contribution in [3.63, 3.8) is 0 Å². The molecule has 0 aromatic heterocycles. The maximum Gasteiger partial charge on any atom is 0.263 e. The van der Waals surface area contributed by atoms with Gasteiger partial charge in [-0.15, -0.1) is 0 Å². The van der Waals surface area contributed by atoms with E-state index in [9.17, 15) is 9.59 Å². The van der Waals surface area contributed by atoms with E-state index in [-0.39, 0.29) is 17.9 Å². The zero-order valence-electron chi connectivity index (χ0n) is 18.4. The highest BCUT2D eigenvalue weighted by Gasteiger charge is 2.28. The number of benzene rings is 2. The second-order valence-corrected chi connectivity index (χ2v) is 8.34. The number of carbonyl (C=O) groups excluding carboxylic acids is 2. The lowest BCUT2D eigenvalue weighted by molar-refractivity contribution is -0.139. The van der Waals surface area contributed by atoms with Gasteiger partial charge in [0.25, 0.3) is 11.8 Å². The van der Waals surface area contributed by atoms with Gasteiger partial charge in [0, 0.05) is 24.7 Å². The number of para-hydroxylation sites is 1. The SMILES string of the molecule is Cc1ccccc1C(=O)NC1CCN(C(=O)C(C)Oc2ccccc2C(C)C)CC1. The van der Waals surface area contributed by atoms with Crippen molar-refractivity contribution in [1.29, 1.82) is 0 Å². The molecule has 5 nitrogen and oxygen atoms in total. The Morgan fingerprint density at radius 2 is 1.63 bits per heavy atom. The number of hydrogen-bond donors (Lipinski definition) is 1. The van der Waals surface area contributed by atoms with Crippen LogP contribution < -0.4 is 10.1 Å². The minimum Gasteiger partial charge on any atom is -0.481 e. The molecular formula is C25H32N2O3. The van der Waals surface area contributed by atoms with E-state index in [4.69, 9.17) is 4.74 Å². The summed E-state index contributed by atoms with van der Waals surface area (Å²) in [5, 5.41) is 3.12. The molecule has 1 aliphatic heterocycles. The van der Waals surface area contributed by atoms with E-state index in [1.54, 1.807) is 0 Å². The van der Waals surface area contributed by atoms with Crippen LogP contribution in [-0.4, -0.2) is 41.9 Å². The maximum absolute atomic E-state index is 12.9. The average Bonchev–Trinajstić information content (AvgIpc) is 2.74. The number of piperidine rings is 1. The maximum atomic E-state index is 12.9. The Hall–Kier alpha value is -2.82. The van der Waals surface area contributed by atoms with E-state index in [1.165, 1.54) is 0 Å². The molecule has 0 saturated carbocycles. The van der Waals surface area contributed by atoms with Crippen molar-refractivity contribution in [3.05, 3.63) is 65.2 Å². The third-order valence-electron chi connectivity index (χ3n) is 5.72. The molecule has 1 atom stereocenters. The van der Waals surface area contributed by atoms with Crippen LogP contribution in [0.4, 0.5) is 0 Å². The Kier molecular flexibility index (Phi) is 7.14. The first-order valence-electron chi connectivity index (χ1n) is 10.8. The van der Waals surface area contributed by atoms with E-state index in [0.29, 0.717) is 24.6 Å². The Morgan fingerprint density at radius 3 is 2.30 bits per heavy atom. The highest BCUT2D eigenvalue weighted by atomic mass is 16.5. The number of aryl methyl sites for hydroxylation is 1. The lowest BCUT2D eigenvalue weighted by Gasteiger charge is -2.34. The van der Waals surface area contributed by atoms with Crippen molar-refractivity contribution in [2.75, 3.05) is 13.1 Å². The number of amides is 2. The normalized spacial score (nSPS) is 15.7. The summed E-state index contributed by atoms with van der Waals surface area (Å²) >= 11 is 0. The molecule has 2 aromatic rings. The highest BCUT2D eigenvalue weighted by Crippen LogP contribution is 2.27. The molecule has 0 radical (unpaired) electrons. The molecule has 5 heteroatoms. The third kappa shape index (κ3) is 5.21. The van der Waals surface area contributed by atoms with Gasteiger partial charge in [-0.05, 0) is 55.9 Å². The summed E-state index contributed by atoms with van der Waals surface area (Å²) in [5.74, 6) is 1.06. The molecule has 1 fully saturated rings. The molecule has 1 aliphatic rings. The smallest absolute Gasteiger partial charge is 0.263 e. The molecule has 1 unspecified atom stereocenters. The van der Waals surface area contributed by atoms with Crippen LogP contribution >= 0.6 is 0 Å². The van der Waals surface area contributed by atoms with Crippen LogP contribution in [0.5, 0.6) is 5.75 Å². The van der Waals surface area contributed by atoms with Crippen molar-refractivity contribution in [2.45, 2.75) is 58.6 Å². The van der Waals surface area contributed by atoms with Crippen LogP contribution in [0.25, 0.3) is 0 Å². The highest BCUT2D eigenvalue weighted by molar-refractivity contribution is 5.95. The minimum absolute atomic E-state index is 0.00256. The molecule has 30 heavy (non-hydrogen) atoms. The van der Waals surface area contributed by atoms with Crippen molar-refractivity contribution in [2.24, 2.45) is 0 Å². The molecule has 1 heterocycles. The molecule has 1 N–H and O–H groups in total. The number of nitrogens with one attached hydrogen (secondary N) is 1. The summed E-state index contributed by atoms with van der Waals surface area (Å²) in [4.78, 5) is 27.3. The van der Waals surface area contributed by atoms with Crippen molar-refractivity contribution < 1.29 is 14.3 Å². The topological polar surface area (TPSA) is 58.6 Å². The van der Waals surface area contributed by atoms with Crippen molar-refractivity contribution in [3.8, 4) is 5.75 Å². The first kappa shape index (κ1) is 21.9. The summed E-state index contributed by atoms with van der Waals surface area (Å²) in [5.41, 5.74) is 2.78. The molecule has 1 saturated heterocycles. The summed E-state index contributed by atoms with van der Waals surface area (Å²) in [6.07, 6.45) is 0.958. The summed E-state index contributed by atoms with van der Waals surface area (Å²) < 4.78 is 6.02. The molecular weight excluding hydrogens is 376 g/mol. The van der Waals surface area contributed by atoms with Gasteiger partial charge < -0.3 is 15.0 Å². The van der Waals surface area contributed by atoms with Gasteiger partial charge >= 0.3 is 0 Å². The van der Waals surface area contributed by atoms with Gasteiger partial charge in [-0.25, -0.2) is 0 Å². The van der Waals surface area contributed by atoms with E-state index in [2.05, 4.69) is 19.2 Å². The van der Waals surface area contributed by atoms with Crippen LogP contribution in [0.2, 0.25) is 0 Å². The molecule has 2 aromatic carbocycles.